The molecule has 4 nitrogen and oxygen atoms in total. The van der Waals surface area contributed by atoms with Gasteiger partial charge in [-0.05, 0) is 42.7 Å². The predicted molar refractivity (Wildman–Crippen MR) is 93.4 cm³/mol. The SMILES string of the molecule is Cc1ccc(F)c2c1NC(C(=O)Nc1cc(F)cc3c1CCN=C3)C2. The van der Waals surface area contributed by atoms with E-state index in [1.165, 1.54) is 18.2 Å². The van der Waals surface area contributed by atoms with Crippen molar-refractivity contribution >= 4 is 23.5 Å². The van der Waals surface area contributed by atoms with Gasteiger partial charge in [0.1, 0.15) is 17.7 Å². The minimum Gasteiger partial charge on any atom is -0.373 e. The van der Waals surface area contributed by atoms with E-state index in [1.807, 2.05) is 6.92 Å². The van der Waals surface area contributed by atoms with Gasteiger partial charge in [0.15, 0.2) is 0 Å². The topological polar surface area (TPSA) is 53.5 Å². The van der Waals surface area contributed by atoms with Crippen LogP contribution < -0.4 is 10.6 Å². The highest BCUT2D eigenvalue weighted by atomic mass is 19.1. The molecule has 0 aliphatic carbocycles. The quantitative estimate of drug-likeness (QED) is 0.881. The van der Waals surface area contributed by atoms with E-state index in [0.717, 1.165) is 11.1 Å². The average Bonchev–Trinajstić information content (AvgIpc) is 3.05. The first-order valence-electron chi connectivity index (χ1n) is 8.20. The summed E-state index contributed by atoms with van der Waals surface area (Å²) in [4.78, 5) is 16.8. The molecule has 2 heterocycles. The number of aliphatic imine (C=N–C) groups is 1. The Kier molecular flexibility index (Phi) is 3.75. The summed E-state index contributed by atoms with van der Waals surface area (Å²) in [6.45, 7) is 2.48. The van der Waals surface area contributed by atoms with Crippen molar-refractivity contribution in [2.75, 3.05) is 17.2 Å². The molecule has 0 saturated heterocycles. The van der Waals surface area contributed by atoms with Gasteiger partial charge in [-0.1, -0.05) is 6.07 Å². The highest BCUT2D eigenvalue weighted by Gasteiger charge is 2.30. The summed E-state index contributed by atoms with van der Waals surface area (Å²) in [6.07, 6.45) is 2.54. The summed E-state index contributed by atoms with van der Waals surface area (Å²) in [5.74, 6) is -1.04. The van der Waals surface area contributed by atoms with Gasteiger partial charge in [0.2, 0.25) is 5.91 Å². The summed E-state index contributed by atoms with van der Waals surface area (Å²) < 4.78 is 27.8. The lowest BCUT2D eigenvalue weighted by atomic mass is 10.00. The van der Waals surface area contributed by atoms with Crippen LogP contribution in [0.15, 0.2) is 29.3 Å². The minimum absolute atomic E-state index is 0.271. The highest BCUT2D eigenvalue weighted by Crippen LogP contribution is 2.32. The Morgan fingerprint density at radius 1 is 1.28 bits per heavy atom. The fourth-order valence-corrected chi connectivity index (χ4v) is 3.45. The smallest absolute Gasteiger partial charge is 0.247 e. The Morgan fingerprint density at radius 3 is 2.92 bits per heavy atom. The van der Waals surface area contributed by atoms with Crippen molar-refractivity contribution in [3.05, 3.63) is 58.2 Å². The molecule has 0 aromatic heterocycles. The van der Waals surface area contributed by atoms with E-state index in [0.29, 0.717) is 35.5 Å². The number of nitrogens with zero attached hydrogens (tertiary/aromatic N) is 1. The van der Waals surface area contributed by atoms with Gasteiger partial charge >= 0.3 is 0 Å². The van der Waals surface area contributed by atoms with Gasteiger partial charge in [-0.15, -0.1) is 0 Å². The maximum absolute atomic E-state index is 14.0. The molecule has 1 amide bonds. The zero-order chi connectivity index (χ0) is 17.6. The first-order valence-corrected chi connectivity index (χ1v) is 8.20. The van der Waals surface area contributed by atoms with Gasteiger partial charge in [-0.3, -0.25) is 9.79 Å². The third kappa shape index (κ3) is 2.77. The molecule has 0 bridgehead atoms. The number of hydrogen-bond donors (Lipinski definition) is 2. The largest absolute Gasteiger partial charge is 0.373 e. The lowest BCUT2D eigenvalue weighted by Crippen LogP contribution is -2.33. The lowest BCUT2D eigenvalue weighted by molar-refractivity contribution is -0.116. The molecular weight excluding hydrogens is 324 g/mol. The molecule has 6 heteroatoms. The molecule has 0 radical (unpaired) electrons. The number of aryl methyl sites for hydroxylation is 1. The van der Waals surface area contributed by atoms with Crippen molar-refractivity contribution in [1.29, 1.82) is 0 Å². The maximum atomic E-state index is 14.0. The number of hydrogen-bond acceptors (Lipinski definition) is 3. The second kappa shape index (κ2) is 5.95. The third-order valence-corrected chi connectivity index (χ3v) is 4.74. The van der Waals surface area contributed by atoms with Crippen LogP contribution in [0.3, 0.4) is 0 Å². The molecule has 25 heavy (non-hydrogen) atoms. The first-order chi connectivity index (χ1) is 12.0. The fourth-order valence-electron chi connectivity index (χ4n) is 3.45. The van der Waals surface area contributed by atoms with E-state index in [1.54, 1.807) is 12.3 Å². The first kappa shape index (κ1) is 15.7. The number of carbonyl (C=O) groups excluding carboxylic acids is 1. The van der Waals surface area contributed by atoms with Gasteiger partial charge in [0.05, 0.1) is 0 Å². The molecule has 1 unspecified atom stereocenters. The Hall–Kier alpha value is -2.76. The predicted octanol–water partition coefficient (Wildman–Crippen LogP) is 3.22. The van der Waals surface area contributed by atoms with Crippen LogP contribution in [0.4, 0.5) is 20.2 Å². The summed E-state index contributed by atoms with van der Waals surface area (Å²) in [5, 5.41) is 5.89. The van der Waals surface area contributed by atoms with E-state index in [-0.39, 0.29) is 18.1 Å². The number of nitrogens with one attached hydrogen (secondary N) is 2. The summed E-state index contributed by atoms with van der Waals surface area (Å²) in [6, 6.07) is 5.25. The minimum atomic E-state index is -0.582. The normalized spacial score (nSPS) is 17.6. The van der Waals surface area contributed by atoms with Crippen LogP contribution in [0.5, 0.6) is 0 Å². The van der Waals surface area contributed by atoms with Crippen LogP contribution in [0.2, 0.25) is 0 Å². The van der Waals surface area contributed by atoms with E-state index in [9.17, 15) is 13.6 Å². The van der Waals surface area contributed by atoms with E-state index in [2.05, 4.69) is 15.6 Å². The highest BCUT2D eigenvalue weighted by molar-refractivity contribution is 6.00. The van der Waals surface area contributed by atoms with Crippen LogP contribution in [0.1, 0.15) is 22.3 Å². The molecule has 2 aromatic carbocycles. The average molecular weight is 341 g/mol. The van der Waals surface area contributed by atoms with Crippen molar-refractivity contribution in [2.24, 2.45) is 4.99 Å². The van der Waals surface area contributed by atoms with Crippen LogP contribution in [0, 0.1) is 18.6 Å². The maximum Gasteiger partial charge on any atom is 0.247 e. The van der Waals surface area contributed by atoms with Crippen molar-refractivity contribution in [3.8, 4) is 0 Å². The van der Waals surface area contributed by atoms with Crippen molar-refractivity contribution in [1.82, 2.24) is 0 Å². The van der Waals surface area contributed by atoms with Crippen LogP contribution in [-0.4, -0.2) is 24.7 Å². The Morgan fingerprint density at radius 2 is 2.12 bits per heavy atom. The van der Waals surface area contributed by atoms with Gasteiger partial charge in [0, 0.05) is 41.7 Å². The Bertz CT molecular complexity index is 877. The molecule has 0 saturated carbocycles. The van der Waals surface area contributed by atoms with Crippen molar-refractivity contribution < 1.29 is 13.6 Å². The van der Waals surface area contributed by atoms with Crippen LogP contribution in [-0.2, 0) is 17.6 Å². The molecular formula is C19H17F2N3O. The number of rotatable bonds is 2. The number of benzene rings is 2. The van der Waals surface area contributed by atoms with E-state index >= 15 is 0 Å². The molecule has 2 aliphatic heterocycles. The van der Waals surface area contributed by atoms with E-state index in [4.69, 9.17) is 0 Å². The molecule has 4 rings (SSSR count). The van der Waals surface area contributed by atoms with Crippen LogP contribution in [0.25, 0.3) is 0 Å². The number of anilines is 2. The molecule has 0 fully saturated rings. The molecule has 128 valence electrons. The fraction of sp³-hybridized carbons (Fsp3) is 0.263. The number of fused-ring (bicyclic) bond motifs is 2. The van der Waals surface area contributed by atoms with Crippen LogP contribution >= 0.6 is 0 Å². The zero-order valence-electron chi connectivity index (χ0n) is 13.7. The summed E-state index contributed by atoms with van der Waals surface area (Å²) >= 11 is 0. The van der Waals surface area contributed by atoms with Crippen molar-refractivity contribution in [3.63, 3.8) is 0 Å². The second-order valence-corrected chi connectivity index (χ2v) is 6.41. The van der Waals surface area contributed by atoms with Gasteiger partial charge in [0.25, 0.3) is 0 Å². The second-order valence-electron chi connectivity index (χ2n) is 6.41. The molecule has 2 aliphatic rings. The monoisotopic (exact) mass is 341 g/mol. The molecule has 2 N–H and O–H groups in total. The number of halogens is 2. The molecule has 2 aromatic rings. The Labute approximate surface area is 144 Å². The third-order valence-electron chi connectivity index (χ3n) is 4.74. The molecule has 0 spiro atoms. The zero-order valence-corrected chi connectivity index (χ0v) is 13.7. The van der Waals surface area contributed by atoms with Gasteiger partial charge in [-0.25, -0.2) is 8.78 Å². The van der Waals surface area contributed by atoms with Gasteiger partial charge < -0.3 is 10.6 Å². The van der Waals surface area contributed by atoms with Crippen molar-refractivity contribution in [2.45, 2.75) is 25.8 Å². The number of carbonyl (C=O) groups is 1. The Balaban J connectivity index is 1.59. The number of amides is 1. The molecule has 1 atom stereocenters. The van der Waals surface area contributed by atoms with Gasteiger partial charge in [-0.2, -0.15) is 0 Å². The summed E-state index contributed by atoms with van der Waals surface area (Å²) in [7, 11) is 0. The van der Waals surface area contributed by atoms with E-state index < -0.39 is 11.9 Å². The lowest BCUT2D eigenvalue weighted by Gasteiger charge is -2.18. The summed E-state index contributed by atoms with van der Waals surface area (Å²) in [5.41, 5.74) is 4.11. The standard InChI is InChI=1S/C19H17F2N3O/c1-10-2-3-15(21)14-8-17(23-18(10)14)19(25)24-16-7-12(20)6-11-9-22-5-4-13(11)16/h2-3,6-7,9,17,23H,4-5,8H2,1H3,(H,24,25).